The number of hydrogen-bond donors (Lipinski definition) is 1. The number of benzene rings is 1. The van der Waals surface area contributed by atoms with Crippen LogP contribution in [0.2, 0.25) is 0 Å². The number of halogens is 1. The SMILES string of the molecule is C[C@H](OC(=O)CCN1C(=O)[C@@H]2CC=CC[C@H]2C1=O)C(=O)Nc1ccc(F)cc1. The zero-order valence-electron chi connectivity index (χ0n) is 15.4. The molecule has 1 aromatic rings. The number of fused-ring (bicyclic) bond motifs is 1. The number of esters is 1. The Morgan fingerprint density at radius 3 is 2.29 bits per heavy atom. The molecule has 1 fully saturated rings. The maximum Gasteiger partial charge on any atom is 0.308 e. The molecule has 148 valence electrons. The van der Waals surface area contributed by atoms with E-state index in [1.54, 1.807) is 0 Å². The van der Waals surface area contributed by atoms with Crippen LogP contribution in [0.25, 0.3) is 0 Å². The van der Waals surface area contributed by atoms with Crippen molar-refractivity contribution in [2.24, 2.45) is 11.8 Å². The van der Waals surface area contributed by atoms with E-state index in [9.17, 15) is 23.6 Å². The first-order valence-electron chi connectivity index (χ1n) is 9.13. The van der Waals surface area contributed by atoms with Gasteiger partial charge in [-0.15, -0.1) is 0 Å². The van der Waals surface area contributed by atoms with Crippen molar-refractivity contribution < 1.29 is 28.3 Å². The largest absolute Gasteiger partial charge is 0.452 e. The Bertz CT molecular complexity index is 794. The zero-order valence-corrected chi connectivity index (χ0v) is 15.4. The van der Waals surface area contributed by atoms with Gasteiger partial charge in [0.1, 0.15) is 5.82 Å². The Balaban J connectivity index is 1.47. The van der Waals surface area contributed by atoms with Gasteiger partial charge in [0, 0.05) is 12.2 Å². The third-order valence-corrected chi connectivity index (χ3v) is 4.93. The predicted octanol–water partition coefficient (Wildman–Crippen LogP) is 2.04. The van der Waals surface area contributed by atoms with E-state index in [0.29, 0.717) is 18.5 Å². The second-order valence-corrected chi connectivity index (χ2v) is 6.86. The van der Waals surface area contributed by atoms with Crippen molar-refractivity contribution in [3.8, 4) is 0 Å². The van der Waals surface area contributed by atoms with E-state index >= 15 is 0 Å². The molecule has 2 aliphatic rings. The quantitative estimate of drug-likeness (QED) is 0.457. The molecule has 0 unspecified atom stereocenters. The molecule has 3 rings (SSSR count). The van der Waals surface area contributed by atoms with Crippen LogP contribution >= 0.6 is 0 Å². The van der Waals surface area contributed by atoms with Crippen LogP contribution in [0.5, 0.6) is 0 Å². The summed E-state index contributed by atoms with van der Waals surface area (Å²) in [7, 11) is 0. The number of nitrogens with zero attached hydrogens (tertiary/aromatic N) is 1. The molecule has 0 saturated carbocycles. The van der Waals surface area contributed by atoms with E-state index in [1.807, 2.05) is 12.2 Å². The van der Waals surface area contributed by atoms with Crippen molar-refractivity contribution in [1.82, 2.24) is 4.90 Å². The first-order chi connectivity index (χ1) is 13.4. The molecule has 3 amide bonds. The highest BCUT2D eigenvalue weighted by molar-refractivity contribution is 6.05. The predicted molar refractivity (Wildman–Crippen MR) is 97.3 cm³/mol. The summed E-state index contributed by atoms with van der Waals surface area (Å²) in [5, 5.41) is 2.51. The lowest BCUT2D eigenvalue weighted by atomic mass is 9.85. The van der Waals surface area contributed by atoms with Crippen molar-refractivity contribution in [1.29, 1.82) is 0 Å². The molecule has 28 heavy (non-hydrogen) atoms. The second-order valence-electron chi connectivity index (χ2n) is 6.86. The van der Waals surface area contributed by atoms with Gasteiger partial charge in [0.2, 0.25) is 11.8 Å². The van der Waals surface area contributed by atoms with E-state index in [4.69, 9.17) is 4.74 Å². The summed E-state index contributed by atoms with van der Waals surface area (Å²) in [6, 6.07) is 5.17. The van der Waals surface area contributed by atoms with Crippen LogP contribution in [0.4, 0.5) is 10.1 Å². The zero-order chi connectivity index (χ0) is 20.3. The number of allylic oxidation sites excluding steroid dienone is 2. The van der Waals surface area contributed by atoms with Crippen molar-refractivity contribution in [3.05, 3.63) is 42.2 Å². The van der Waals surface area contributed by atoms with E-state index in [2.05, 4.69) is 5.32 Å². The fraction of sp³-hybridized carbons (Fsp3) is 0.400. The molecule has 0 radical (unpaired) electrons. The van der Waals surface area contributed by atoms with Crippen LogP contribution in [0.1, 0.15) is 26.2 Å². The van der Waals surface area contributed by atoms with Crippen LogP contribution in [0, 0.1) is 17.7 Å². The molecule has 1 aliphatic carbocycles. The summed E-state index contributed by atoms with van der Waals surface area (Å²) < 4.78 is 18.0. The molecule has 1 aromatic carbocycles. The minimum absolute atomic E-state index is 0.0597. The Morgan fingerprint density at radius 1 is 1.14 bits per heavy atom. The van der Waals surface area contributed by atoms with E-state index in [0.717, 1.165) is 4.90 Å². The van der Waals surface area contributed by atoms with Crippen LogP contribution < -0.4 is 5.32 Å². The minimum Gasteiger partial charge on any atom is -0.452 e. The maximum absolute atomic E-state index is 12.9. The molecule has 1 heterocycles. The monoisotopic (exact) mass is 388 g/mol. The standard InChI is InChI=1S/C20H21FN2O5/c1-12(18(25)22-14-8-6-13(21)7-9-14)28-17(24)10-11-23-19(26)15-4-2-3-5-16(15)20(23)27/h2-3,6-9,12,15-16H,4-5,10-11H2,1H3,(H,22,25)/t12-,15+,16+/m0/s1. The summed E-state index contributed by atoms with van der Waals surface area (Å²) in [6.45, 7) is 1.35. The Hall–Kier alpha value is -3.03. The van der Waals surface area contributed by atoms with Crippen molar-refractivity contribution in [2.75, 3.05) is 11.9 Å². The van der Waals surface area contributed by atoms with Gasteiger partial charge in [-0.1, -0.05) is 12.2 Å². The van der Waals surface area contributed by atoms with Crippen LogP contribution in [-0.2, 0) is 23.9 Å². The summed E-state index contributed by atoms with van der Waals surface area (Å²) in [4.78, 5) is 49.9. The molecular formula is C20H21FN2O5. The van der Waals surface area contributed by atoms with E-state index < -0.39 is 23.8 Å². The maximum atomic E-state index is 12.9. The van der Waals surface area contributed by atoms with Crippen molar-refractivity contribution in [2.45, 2.75) is 32.3 Å². The topological polar surface area (TPSA) is 92.8 Å². The molecular weight excluding hydrogens is 367 g/mol. The first-order valence-corrected chi connectivity index (χ1v) is 9.13. The lowest BCUT2D eigenvalue weighted by molar-refractivity contribution is -0.154. The number of carbonyl (C=O) groups is 4. The van der Waals surface area contributed by atoms with Gasteiger partial charge in [-0.25, -0.2) is 4.39 Å². The average molecular weight is 388 g/mol. The fourth-order valence-corrected chi connectivity index (χ4v) is 3.38. The lowest BCUT2D eigenvalue weighted by Gasteiger charge is -2.16. The van der Waals surface area contributed by atoms with Gasteiger partial charge < -0.3 is 10.1 Å². The minimum atomic E-state index is -1.07. The van der Waals surface area contributed by atoms with E-state index in [-0.39, 0.29) is 36.6 Å². The highest BCUT2D eigenvalue weighted by atomic mass is 19.1. The van der Waals surface area contributed by atoms with Gasteiger partial charge in [-0.3, -0.25) is 24.1 Å². The Morgan fingerprint density at radius 2 is 1.71 bits per heavy atom. The third-order valence-electron chi connectivity index (χ3n) is 4.93. The van der Waals surface area contributed by atoms with Gasteiger partial charge in [0.15, 0.2) is 6.10 Å². The highest BCUT2D eigenvalue weighted by Gasteiger charge is 2.47. The molecule has 0 aromatic heterocycles. The number of hydrogen-bond acceptors (Lipinski definition) is 5. The van der Waals surface area contributed by atoms with Crippen molar-refractivity contribution in [3.63, 3.8) is 0 Å². The molecule has 0 bridgehead atoms. The number of likely N-dealkylation sites (tertiary alicyclic amines) is 1. The number of anilines is 1. The number of imide groups is 1. The van der Waals surface area contributed by atoms with Crippen molar-refractivity contribution >= 4 is 29.4 Å². The normalized spacial score (nSPS) is 22.0. The average Bonchev–Trinajstić information content (AvgIpc) is 2.92. The smallest absolute Gasteiger partial charge is 0.308 e. The first kappa shape index (κ1) is 19.7. The summed E-state index contributed by atoms with van der Waals surface area (Å²) in [5.41, 5.74) is 0.374. The van der Waals surface area contributed by atoms with Crippen LogP contribution in [0.3, 0.4) is 0 Å². The van der Waals surface area contributed by atoms with Gasteiger partial charge in [-0.05, 0) is 44.0 Å². The van der Waals surface area contributed by atoms with Gasteiger partial charge in [0.05, 0.1) is 18.3 Å². The molecule has 0 spiro atoms. The number of carbonyl (C=O) groups excluding carboxylic acids is 4. The number of amides is 3. The van der Waals surface area contributed by atoms with Crippen LogP contribution in [-0.4, -0.2) is 41.2 Å². The van der Waals surface area contributed by atoms with Gasteiger partial charge in [0.25, 0.3) is 5.91 Å². The molecule has 1 aliphatic heterocycles. The second kappa shape index (κ2) is 8.33. The molecule has 7 nitrogen and oxygen atoms in total. The summed E-state index contributed by atoms with van der Waals surface area (Å²) in [6.07, 6.45) is 3.61. The Kier molecular flexibility index (Phi) is 5.87. The number of rotatable bonds is 6. The molecule has 8 heteroatoms. The summed E-state index contributed by atoms with van der Waals surface area (Å²) >= 11 is 0. The Labute approximate surface area is 161 Å². The highest BCUT2D eigenvalue weighted by Crippen LogP contribution is 2.35. The number of ether oxygens (including phenoxy) is 1. The van der Waals surface area contributed by atoms with E-state index in [1.165, 1.54) is 31.2 Å². The summed E-state index contributed by atoms with van der Waals surface area (Å²) in [5.74, 6) is -2.87. The van der Waals surface area contributed by atoms with Crippen LogP contribution in [0.15, 0.2) is 36.4 Å². The van der Waals surface area contributed by atoms with Gasteiger partial charge in [-0.2, -0.15) is 0 Å². The molecule has 1 saturated heterocycles. The lowest BCUT2D eigenvalue weighted by Crippen LogP contribution is -2.35. The van der Waals surface area contributed by atoms with Gasteiger partial charge >= 0.3 is 5.97 Å². The molecule has 3 atom stereocenters. The molecule has 1 N–H and O–H groups in total. The number of nitrogens with one attached hydrogen (secondary N) is 1. The third kappa shape index (κ3) is 4.27. The fourth-order valence-electron chi connectivity index (χ4n) is 3.38.